The monoisotopic (exact) mass is 294 g/mol. The predicted octanol–water partition coefficient (Wildman–Crippen LogP) is -0.0410. The first-order valence-corrected chi connectivity index (χ1v) is 6.60. The third-order valence-electron chi connectivity index (χ3n) is 3.27. The molecule has 1 unspecified atom stereocenters. The van der Waals surface area contributed by atoms with Crippen molar-refractivity contribution >= 4 is 11.9 Å². The number of benzene rings is 1. The van der Waals surface area contributed by atoms with Gasteiger partial charge in [-0.15, -0.1) is 0 Å². The molecule has 0 bridgehead atoms. The van der Waals surface area contributed by atoms with Crippen LogP contribution in [0, 0.1) is 0 Å². The topological polar surface area (TPSA) is 88.1 Å². The van der Waals surface area contributed by atoms with Gasteiger partial charge in [-0.25, -0.2) is 0 Å². The van der Waals surface area contributed by atoms with Crippen LogP contribution in [0.4, 0.5) is 0 Å². The molecule has 0 aliphatic carbocycles. The van der Waals surface area contributed by atoms with Crippen LogP contribution in [0.3, 0.4) is 0 Å². The zero-order chi connectivity index (χ0) is 15.2. The van der Waals surface area contributed by atoms with E-state index in [0.29, 0.717) is 18.9 Å². The summed E-state index contributed by atoms with van der Waals surface area (Å²) in [5.74, 6) is 0.293. The zero-order valence-corrected chi connectivity index (χ0v) is 11.7. The molecule has 1 atom stereocenters. The Balaban J connectivity index is 1.85. The van der Waals surface area contributed by atoms with Crippen LogP contribution in [0.25, 0.3) is 0 Å². The summed E-state index contributed by atoms with van der Waals surface area (Å²) in [5.41, 5.74) is 0. The van der Waals surface area contributed by atoms with E-state index in [1.165, 1.54) is 0 Å². The van der Waals surface area contributed by atoms with Crippen molar-refractivity contribution in [2.45, 2.75) is 6.04 Å². The largest absolute Gasteiger partial charge is 0.497 e. The molecular weight excluding hydrogens is 276 g/mol. The van der Waals surface area contributed by atoms with E-state index < -0.39 is 12.0 Å². The van der Waals surface area contributed by atoms with Gasteiger partial charge in [-0.3, -0.25) is 14.5 Å². The van der Waals surface area contributed by atoms with E-state index in [9.17, 15) is 9.59 Å². The minimum Gasteiger partial charge on any atom is -0.497 e. The van der Waals surface area contributed by atoms with Crippen molar-refractivity contribution in [1.29, 1.82) is 0 Å². The second-order valence-corrected chi connectivity index (χ2v) is 4.65. The Morgan fingerprint density at radius 2 is 2.05 bits per heavy atom. The highest BCUT2D eigenvalue weighted by Crippen LogP contribution is 2.17. The number of hydrogen-bond donors (Lipinski definition) is 2. The van der Waals surface area contributed by atoms with Gasteiger partial charge in [0.2, 0.25) is 5.91 Å². The van der Waals surface area contributed by atoms with Crippen LogP contribution in [0.1, 0.15) is 0 Å². The van der Waals surface area contributed by atoms with Crippen LogP contribution in [0.5, 0.6) is 11.5 Å². The second kappa shape index (κ2) is 6.94. The number of carbonyl (C=O) groups is 2. The van der Waals surface area contributed by atoms with Crippen molar-refractivity contribution in [3.63, 3.8) is 0 Å². The summed E-state index contributed by atoms with van der Waals surface area (Å²) in [6.45, 7) is 0.874. The Labute approximate surface area is 122 Å². The molecule has 0 spiro atoms. The number of hydrogen-bond acceptors (Lipinski definition) is 5. The highest BCUT2D eigenvalue weighted by Gasteiger charge is 2.31. The van der Waals surface area contributed by atoms with Gasteiger partial charge in [0.1, 0.15) is 24.1 Å². The SMILES string of the molecule is COc1ccc(OCCN2CC(=O)NCC2C(=O)O)cc1. The number of nitrogens with one attached hydrogen (secondary N) is 1. The number of rotatable bonds is 6. The minimum absolute atomic E-state index is 0.0724. The molecular formula is C14H18N2O5. The predicted molar refractivity (Wildman–Crippen MR) is 74.5 cm³/mol. The molecule has 1 amide bonds. The number of aliphatic carboxylic acids is 1. The quantitative estimate of drug-likeness (QED) is 0.765. The summed E-state index contributed by atoms with van der Waals surface area (Å²) >= 11 is 0. The smallest absolute Gasteiger partial charge is 0.322 e. The first-order valence-electron chi connectivity index (χ1n) is 6.60. The standard InChI is InChI=1S/C14H18N2O5/c1-20-10-2-4-11(5-3-10)21-7-6-16-9-13(17)15-8-12(16)14(18)19/h2-5,12H,6-9H2,1H3,(H,15,17)(H,18,19). The third kappa shape index (κ3) is 4.09. The summed E-state index contributed by atoms with van der Waals surface area (Å²) in [5, 5.41) is 11.7. The molecule has 7 nitrogen and oxygen atoms in total. The van der Waals surface area contributed by atoms with Crippen molar-refractivity contribution in [3.05, 3.63) is 24.3 Å². The molecule has 0 saturated carbocycles. The van der Waals surface area contributed by atoms with Crippen LogP contribution in [0.15, 0.2) is 24.3 Å². The Morgan fingerprint density at radius 3 is 2.67 bits per heavy atom. The molecule has 114 valence electrons. The first-order chi connectivity index (χ1) is 10.1. The van der Waals surface area contributed by atoms with Crippen molar-refractivity contribution in [2.75, 3.05) is 33.4 Å². The highest BCUT2D eigenvalue weighted by molar-refractivity contribution is 5.83. The second-order valence-electron chi connectivity index (χ2n) is 4.65. The maximum Gasteiger partial charge on any atom is 0.322 e. The fourth-order valence-electron chi connectivity index (χ4n) is 2.12. The van der Waals surface area contributed by atoms with Crippen LogP contribution in [-0.2, 0) is 9.59 Å². The fourth-order valence-corrected chi connectivity index (χ4v) is 2.12. The van der Waals surface area contributed by atoms with Crippen LogP contribution < -0.4 is 14.8 Å². The van der Waals surface area contributed by atoms with Gasteiger partial charge in [0.15, 0.2) is 0 Å². The van der Waals surface area contributed by atoms with E-state index in [2.05, 4.69) is 5.32 Å². The van der Waals surface area contributed by atoms with Crippen molar-refractivity contribution in [3.8, 4) is 11.5 Å². The highest BCUT2D eigenvalue weighted by atomic mass is 16.5. The molecule has 0 aromatic heterocycles. The van der Waals surface area contributed by atoms with E-state index in [4.69, 9.17) is 14.6 Å². The summed E-state index contributed by atoms with van der Waals surface area (Å²) < 4.78 is 10.6. The van der Waals surface area contributed by atoms with E-state index >= 15 is 0 Å². The lowest BCUT2D eigenvalue weighted by Crippen LogP contribution is -2.58. The molecule has 2 rings (SSSR count). The van der Waals surface area contributed by atoms with Crippen LogP contribution in [0.2, 0.25) is 0 Å². The van der Waals surface area contributed by atoms with Gasteiger partial charge in [0.05, 0.1) is 13.7 Å². The third-order valence-corrected chi connectivity index (χ3v) is 3.27. The number of piperazine rings is 1. The molecule has 7 heteroatoms. The average molecular weight is 294 g/mol. The van der Waals surface area contributed by atoms with Gasteiger partial charge in [0, 0.05) is 13.1 Å². The molecule has 0 radical (unpaired) electrons. The molecule has 1 heterocycles. The maximum absolute atomic E-state index is 11.3. The van der Waals surface area contributed by atoms with E-state index in [0.717, 1.165) is 5.75 Å². The number of carbonyl (C=O) groups excluding carboxylic acids is 1. The van der Waals surface area contributed by atoms with Crippen LogP contribution >= 0.6 is 0 Å². The number of methoxy groups -OCH3 is 1. The lowest BCUT2D eigenvalue weighted by Gasteiger charge is -2.32. The van der Waals surface area contributed by atoms with Crippen molar-refractivity contribution < 1.29 is 24.2 Å². The molecule has 1 aliphatic rings. The molecule has 1 aliphatic heterocycles. The van der Waals surface area contributed by atoms with E-state index in [1.54, 1.807) is 36.3 Å². The molecule has 1 aromatic carbocycles. The molecule has 1 fully saturated rings. The summed E-state index contributed by atoms with van der Waals surface area (Å²) in [6, 6.07) is 6.41. The van der Waals surface area contributed by atoms with Crippen molar-refractivity contribution in [2.24, 2.45) is 0 Å². The van der Waals surface area contributed by atoms with Gasteiger partial charge >= 0.3 is 5.97 Å². The van der Waals surface area contributed by atoms with E-state index in [1.807, 2.05) is 0 Å². The van der Waals surface area contributed by atoms with E-state index in [-0.39, 0.29) is 19.0 Å². The molecule has 1 aromatic rings. The van der Waals surface area contributed by atoms with Gasteiger partial charge in [-0.05, 0) is 24.3 Å². The Hall–Kier alpha value is -2.28. The first kappa shape index (κ1) is 15.1. The molecule has 2 N–H and O–H groups in total. The van der Waals surface area contributed by atoms with Gasteiger partial charge in [-0.1, -0.05) is 0 Å². The van der Waals surface area contributed by atoms with Crippen LogP contribution in [-0.4, -0.2) is 61.3 Å². The normalized spacial score (nSPS) is 18.9. The fraction of sp³-hybridized carbons (Fsp3) is 0.429. The molecule has 1 saturated heterocycles. The number of carboxylic acids is 1. The minimum atomic E-state index is -0.945. The Kier molecular flexibility index (Phi) is 4.99. The summed E-state index contributed by atoms with van der Waals surface area (Å²) in [7, 11) is 1.59. The van der Waals surface area contributed by atoms with Gasteiger partial charge < -0.3 is 19.9 Å². The number of carboxylic acid groups (broad SMARTS) is 1. The average Bonchev–Trinajstić information content (AvgIpc) is 2.48. The Bertz CT molecular complexity index is 503. The van der Waals surface area contributed by atoms with Crippen molar-refractivity contribution in [1.82, 2.24) is 10.2 Å². The summed E-state index contributed by atoms with van der Waals surface area (Å²) in [6.07, 6.45) is 0. The Morgan fingerprint density at radius 1 is 1.38 bits per heavy atom. The lowest BCUT2D eigenvalue weighted by atomic mass is 10.2. The van der Waals surface area contributed by atoms with Gasteiger partial charge in [0.25, 0.3) is 0 Å². The maximum atomic E-state index is 11.3. The number of amides is 1. The zero-order valence-electron chi connectivity index (χ0n) is 11.7. The number of nitrogens with zero attached hydrogens (tertiary/aromatic N) is 1. The lowest BCUT2D eigenvalue weighted by molar-refractivity contribution is -0.146. The number of ether oxygens (including phenoxy) is 2. The molecule has 21 heavy (non-hydrogen) atoms. The van der Waals surface area contributed by atoms with Gasteiger partial charge in [-0.2, -0.15) is 0 Å². The summed E-state index contributed by atoms with van der Waals surface area (Å²) in [4.78, 5) is 24.1.